The van der Waals surface area contributed by atoms with E-state index in [1.165, 1.54) is 12.1 Å². The Kier molecular flexibility index (Phi) is 5.23. The summed E-state index contributed by atoms with van der Waals surface area (Å²) in [7, 11) is 0. The number of benzene rings is 2. The molecule has 0 aliphatic carbocycles. The Balaban J connectivity index is 2.03. The molecule has 0 unspecified atom stereocenters. The van der Waals surface area contributed by atoms with Gasteiger partial charge in [-0.15, -0.1) is 0 Å². The number of anilines is 1. The molecule has 7 heteroatoms. The Morgan fingerprint density at radius 3 is 2.25 bits per heavy atom. The molecule has 2 amide bonds. The highest BCUT2D eigenvalue weighted by molar-refractivity contribution is 6.39. The molecule has 0 saturated carbocycles. The summed E-state index contributed by atoms with van der Waals surface area (Å²) in [4.78, 5) is 23.6. The van der Waals surface area contributed by atoms with E-state index >= 15 is 0 Å². The highest BCUT2D eigenvalue weighted by Crippen LogP contribution is 2.34. The van der Waals surface area contributed by atoms with Crippen molar-refractivity contribution >= 4 is 17.5 Å². The summed E-state index contributed by atoms with van der Waals surface area (Å²) in [5, 5.41) is 4.38. The van der Waals surface area contributed by atoms with Gasteiger partial charge in [0.1, 0.15) is 0 Å². The molecule has 0 heterocycles. The Morgan fingerprint density at radius 2 is 1.58 bits per heavy atom. The van der Waals surface area contributed by atoms with E-state index < -0.39 is 29.2 Å². The Morgan fingerprint density at radius 1 is 0.958 bits per heavy atom. The van der Waals surface area contributed by atoms with Crippen LogP contribution in [0.15, 0.2) is 48.5 Å². The van der Waals surface area contributed by atoms with Gasteiger partial charge in [-0.25, -0.2) is 0 Å². The summed E-state index contributed by atoms with van der Waals surface area (Å²) < 4.78 is 38.6. The van der Waals surface area contributed by atoms with Crippen molar-refractivity contribution in [1.82, 2.24) is 5.32 Å². The van der Waals surface area contributed by atoms with Gasteiger partial charge in [-0.05, 0) is 30.2 Å². The van der Waals surface area contributed by atoms with Gasteiger partial charge < -0.3 is 10.6 Å². The van der Waals surface area contributed by atoms with Crippen molar-refractivity contribution in [3.05, 3.63) is 65.2 Å². The minimum absolute atomic E-state index is 0.111. The zero-order valence-electron chi connectivity index (χ0n) is 12.8. The molecule has 0 radical (unpaired) electrons. The van der Waals surface area contributed by atoms with Crippen molar-refractivity contribution < 1.29 is 22.8 Å². The fraction of sp³-hybridized carbons (Fsp3) is 0.176. The molecule has 0 spiro atoms. The van der Waals surface area contributed by atoms with Gasteiger partial charge in [0.05, 0.1) is 11.3 Å². The first-order valence-corrected chi connectivity index (χ1v) is 7.09. The number of amides is 2. The summed E-state index contributed by atoms with van der Waals surface area (Å²) >= 11 is 0. The third kappa shape index (κ3) is 4.34. The van der Waals surface area contributed by atoms with Gasteiger partial charge >= 0.3 is 18.0 Å². The fourth-order valence-electron chi connectivity index (χ4n) is 2.08. The van der Waals surface area contributed by atoms with Crippen LogP contribution in [-0.4, -0.2) is 11.8 Å². The Bertz CT molecular complexity index is 757. The highest BCUT2D eigenvalue weighted by atomic mass is 19.4. The third-order valence-electron chi connectivity index (χ3n) is 3.39. The molecule has 2 aromatic carbocycles. The smallest absolute Gasteiger partial charge is 0.344 e. The lowest BCUT2D eigenvalue weighted by molar-refractivity contribution is -0.138. The third-order valence-corrected chi connectivity index (χ3v) is 3.39. The molecule has 2 N–H and O–H groups in total. The summed E-state index contributed by atoms with van der Waals surface area (Å²) in [5.41, 5.74) is 0.279. The van der Waals surface area contributed by atoms with Crippen molar-refractivity contribution in [2.45, 2.75) is 19.6 Å². The standard InChI is InChI=1S/C17H15F3N2O2/c1-11-6-2-3-7-12(11)10-21-15(23)16(24)22-14-9-5-4-8-13(14)17(18,19)20/h2-9H,10H2,1H3,(H,21,23)(H,22,24). The monoisotopic (exact) mass is 336 g/mol. The zero-order chi connectivity index (χ0) is 17.7. The van der Waals surface area contributed by atoms with Crippen LogP contribution >= 0.6 is 0 Å². The van der Waals surface area contributed by atoms with Gasteiger partial charge in [0, 0.05) is 6.54 Å². The van der Waals surface area contributed by atoms with Crippen LogP contribution in [0.2, 0.25) is 0 Å². The second-order valence-corrected chi connectivity index (χ2v) is 5.11. The number of para-hydroxylation sites is 1. The van der Waals surface area contributed by atoms with Crippen LogP contribution in [-0.2, 0) is 22.3 Å². The van der Waals surface area contributed by atoms with Crippen molar-refractivity contribution in [1.29, 1.82) is 0 Å². The molecular formula is C17H15F3N2O2. The minimum atomic E-state index is -4.62. The number of hydrogen-bond acceptors (Lipinski definition) is 2. The molecule has 0 bridgehead atoms. The summed E-state index contributed by atoms with van der Waals surface area (Å²) in [6.45, 7) is 1.96. The van der Waals surface area contributed by atoms with Crippen LogP contribution in [0.3, 0.4) is 0 Å². The predicted molar refractivity (Wildman–Crippen MR) is 83.1 cm³/mol. The van der Waals surface area contributed by atoms with Gasteiger partial charge in [0.15, 0.2) is 0 Å². The van der Waals surface area contributed by atoms with Gasteiger partial charge in [-0.2, -0.15) is 13.2 Å². The number of aryl methyl sites for hydroxylation is 1. The van der Waals surface area contributed by atoms with Crippen LogP contribution < -0.4 is 10.6 Å². The number of nitrogens with one attached hydrogen (secondary N) is 2. The van der Waals surface area contributed by atoms with Crippen LogP contribution in [0, 0.1) is 6.92 Å². The van der Waals surface area contributed by atoms with E-state index in [0.717, 1.165) is 23.3 Å². The van der Waals surface area contributed by atoms with Crippen molar-refractivity contribution in [2.75, 3.05) is 5.32 Å². The first-order valence-electron chi connectivity index (χ1n) is 7.09. The van der Waals surface area contributed by atoms with Gasteiger partial charge in [0.2, 0.25) is 0 Å². The van der Waals surface area contributed by atoms with E-state index in [2.05, 4.69) is 5.32 Å². The number of carbonyl (C=O) groups excluding carboxylic acids is 2. The second-order valence-electron chi connectivity index (χ2n) is 5.11. The van der Waals surface area contributed by atoms with Gasteiger partial charge in [-0.1, -0.05) is 36.4 Å². The number of halogens is 3. The van der Waals surface area contributed by atoms with E-state index in [1.54, 1.807) is 12.1 Å². The van der Waals surface area contributed by atoms with E-state index in [0.29, 0.717) is 0 Å². The molecule has 4 nitrogen and oxygen atoms in total. The van der Waals surface area contributed by atoms with Crippen LogP contribution in [0.25, 0.3) is 0 Å². The molecule has 0 aliphatic heterocycles. The minimum Gasteiger partial charge on any atom is -0.344 e. The molecule has 0 aromatic heterocycles. The molecule has 0 atom stereocenters. The van der Waals surface area contributed by atoms with Gasteiger partial charge in [0.25, 0.3) is 0 Å². The fourth-order valence-corrected chi connectivity index (χ4v) is 2.08. The van der Waals surface area contributed by atoms with Crippen molar-refractivity contribution in [2.24, 2.45) is 0 Å². The molecule has 126 valence electrons. The molecule has 0 saturated heterocycles. The summed E-state index contributed by atoms with van der Waals surface area (Å²) in [6.07, 6.45) is -4.62. The Hall–Kier alpha value is -2.83. The molecule has 0 aliphatic rings. The maximum Gasteiger partial charge on any atom is 0.418 e. The first kappa shape index (κ1) is 17.5. The number of alkyl halides is 3. The lowest BCUT2D eigenvalue weighted by atomic mass is 10.1. The zero-order valence-corrected chi connectivity index (χ0v) is 12.8. The first-order chi connectivity index (χ1) is 11.3. The Labute approximate surface area is 136 Å². The predicted octanol–water partition coefficient (Wildman–Crippen LogP) is 3.27. The lowest BCUT2D eigenvalue weighted by Gasteiger charge is -2.13. The van der Waals surface area contributed by atoms with Crippen LogP contribution in [0.1, 0.15) is 16.7 Å². The number of carbonyl (C=O) groups is 2. The maximum atomic E-state index is 12.9. The maximum absolute atomic E-state index is 12.9. The van der Waals surface area contributed by atoms with Crippen LogP contribution in [0.4, 0.5) is 18.9 Å². The van der Waals surface area contributed by atoms with Crippen LogP contribution in [0.5, 0.6) is 0 Å². The van der Waals surface area contributed by atoms with Crippen molar-refractivity contribution in [3.8, 4) is 0 Å². The SMILES string of the molecule is Cc1ccccc1CNC(=O)C(=O)Nc1ccccc1C(F)(F)F. The van der Waals surface area contributed by atoms with E-state index in [4.69, 9.17) is 0 Å². The van der Waals surface area contributed by atoms with E-state index in [1.807, 2.05) is 24.4 Å². The van der Waals surface area contributed by atoms with E-state index in [9.17, 15) is 22.8 Å². The average Bonchev–Trinajstić information content (AvgIpc) is 2.53. The quantitative estimate of drug-likeness (QED) is 0.845. The molecule has 2 aromatic rings. The molecule has 2 rings (SSSR count). The highest BCUT2D eigenvalue weighted by Gasteiger charge is 2.34. The summed E-state index contributed by atoms with van der Waals surface area (Å²) in [5.74, 6) is -2.16. The molecule has 0 fully saturated rings. The molecular weight excluding hydrogens is 321 g/mol. The topological polar surface area (TPSA) is 58.2 Å². The van der Waals surface area contributed by atoms with E-state index in [-0.39, 0.29) is 6.54 Å². The van der Waals surface area contributed by atoms with Crippen molar-refractivity contribution in [3.63, 3.8) is 0 Å². The van der Waals surface area contributed by atoms with Gasteiger partial charge in [-0.3, -0.25) is 9.59 Å². The molecule has 24 heavy (non-hydrogen) atoms. The largest absolute Gasteiger partial charge is 0.418 e. The summed E-state index contributed by atoms with van der Waals surface area (Å²) in [6, 6.07) is 11.7. The number of rotatable bonds is 3. The number of hydrogen-bond donors (Lipinski definition) is 2. The average molecular weight is 336 g/mol. The normalized spacial score (nSPS) is 11.0. The second kappa shape index (κ2) is 7.16. The lowest BCUT2D eigenvalue weighted by Crippen LogP contribution is -2.35.